The molecule has 2 N–H and O–H groups in total. The summed E-state index contributed by atoms with van der Waals surface area (Å²) in [6.45, 7) is 4.60. The third kappa shape index (κ3) is 4.20. The first-order valence-corrected chi connectivity index (χ1v) is 6.23. The monoisotopic (exact) mass is 210 g/mol. The average Bonchev–Trinajstić information content (AvgIpc) is 3.02. The van der Waals surface area contributed by atoms with Crippen LogP contribution < -0.4 is 10.6 Å². The van der Waals surface area contributed by atoms with Crippen molar-refractivity contribution in [3.8, 4) is 0 Å². The number of carbonyl (C=O) groups excluding carboxylic acids is 1. The van der Waals surface area contributed by atoms with Gasteiger partial charge in [-0.25, -0.2) is 0 Å². The molecule has 2 saturated carbocycles. The van der Waals surface area contributed by atoms with Crippen molar-refractivity contribution < 1.29 is 4.79 Å². The van der Waals surface area contributed by atoms with Gasteiger partial charge in [-0.15, -0.1) is 0 Å². The molecule has 3 heteroatoms. The van der Waals surface area contributed by atoms with Crippen LogP contribution in [-0.2, 0) is 4.79 Å². The van der Waals surface area contributed by atoms with Gasteiger partial charge in [0.2, 0.25) is 5.91 Å². The zero-order valence-corrected chi connectivity index (χ0v) is 9.59. The first kappa shape index (κ1) is 10.9. The highest BCUT2D eigenvalue weighted by molar-refractivity contribution is 5.77. The number of hydrogen-bond acceptors (Lipinski definition) is 2. The Balaban J connectivity index is 1.47. The molecule has 1 unspecified atom stereocenters. The first-order valence-electron chi connectivity index (χ1n) is 6.23. The Morgan fingerprint density at radius 3 is 2.67 bits per heavy atom. The van der Waals surface area contributed by atoms with E-state index >= 15 is 0 Å². The van der Waals surface area contributed by atoms with Crippen molar-refractivity contribution >= 4 is 5.91 Å². The Bertz CT molecular complexity index is 222. The van der Waals surface area contributed by atoms with Crippen LogP contribution in [0.1, 0.15) is 32.6 Å². The fourth-order valence-corrected chi connectivity index (χ4v) is 1.88. The molecule has 0 spiro atoms. The van der Waals surface area contributed by atoms with Crippen LogP contribution in [0.4, 0.5) is 0 Å². The molecule has 0 aliphatic heterocycles. The van der Waals surface area contributed by atoms with Crippen molar-refractivity contribution in [1.82, 2.24) is 10.6 Å². The Morgan fingerprint density at radius 1 is 1.33 bits per heavy atom. The summed E-state index contributed by atoms with van der Waals surface area (Å²) in [5.41, 5.74) is 0. The summed E-state index contributed by atoms with van der Waals surface area (Å²) in [7, 11) is 0. The van der Waals surface area contributed by atoms with Gasteiger partial charge in [0.25, 0.3) is 0 Å². The molecule has 0 saturated heterocycles. The fourth-order valence-electron chi connectivity index (χ4n) is 1.88. The van der Waals surface area contributed by atoms with Gasteiger partial charge < -0.3 is 10.6 Å². The van der Waals surface area contributed by atoms with Crippen LogP contribution in [0.3, 0.4) is 0 Å². The van der Waals surface area contributed by atoms with Gasteiger partial charge in [0, 0.05) is 6.54 Å². The molecule has 1 atom stereocenters. The van der Waals surface area contributed by atoms with E-state index in [4.69, 9.17) is 0 Å². The number of carbonyl (C=O) groups is 1. The van der Waals surface area contributed by atoms with Crippen molar-refractivity contribution in [3.63, 3.8) is 0 Å². The smallest absolute Gasteiger partial charge is 0.233 e. The predicted octanol–water partition coefficient (Wildman–Crippen LogP) is 1.15. The molecule has 0 aromatic carbocycles. The van der Waals surface area contributed by atoms with Gasteiger partial charge in [0.15, 0.2) is 0 Å². The van der Waals surface area contributed by atoms with Crippen LogP contribution >= 0.6 is 0 Å². The van der Waals surface area contributed by atoms with Crippen LogP contribution in [-0.4, -0.2) is 25.5 Å². The maximum atomic E-state index is 11.4. The highest BCUT2D eigenvalue weighted by Gasteiger charge is 2.27. The second-order valence-corrected chi connectivity index (χ2v) is 5.19. The van der Waals surface area contributed by atoms with Crippen molar-refractivity contribution in [2.75, 3.05) is 19.6 Å². The molecule has 1 amide bonds. The summed E-state index contributed by atoms with van der Waals surface area (Å²) < 4.78 is 0. The van der Waals surface area contributed by atoms with Crippen LogP contribution in [0.5, 0.6) is 0 Å². The SMILES string of the molecule is CC(CNC(=O)CNCC1CC1)C1CC1. The van der Waals surface area contributed by atoms with E-state index in [9.17, 15) is 4.79 Å². The van der Waals surface area contributed by atoms with Crippen LogP contribution in [0, 0.1) is 17.8 Å². The molecule has 2 fully saturated rings. The second-order valence-electron chi connectivity index (χ2n) is 5.19. The van der Waals surface area contributed by atoms with Gasteiger partial charge in [-0.3, -0.25) is 4.79 Å². The van der Waals surface area contributed by atoms with Crippen LogP contribution in [0.25, 0.3) is 0 Å². The summed E-state index contributed by atoms with van der Waals surface area (Å²) in [6, 6.07) is 0. The first-order chi connectivity index (χ1) is 7.25. The van der Waals surface area contributed by atoms with Crippen LogP contribution in [0.15, 0.2) is 0 Å². The summed E-state index contributed by atoms with van der Waals surface area (Å²) in [6.07, 6.45) is 5.40. The predicted molar refractivity (Wildman–Crippen MR) is 60.5 cm³/mol. The number of hydrogen-bond donors (Lipinski definition) is 2. The van der Waals surface area contributed by atoms with E-state index in [-0.39, 0.29) is 5.91 Å². The quantitative estimate of drug-likeness (QED) is 0.662. The van der Waals surface area contributed by atoms with E-state index in [1.807, 2.05) is 0 Å². The van der Waals surface area contributed by atoms with E-state index in [2.05, 4.69) is 17.6 Å². The molecule has 0 aromatic rings. The normalized spacial score (nSPS) is 22.5. The summed E-state index contributed by atoms with van der Waals surface area (Å²) in [4.78, 5) is 11.4. The second kappa shape index (κ2) is 4.97. The minimum atomic E-state index is 0.156. The highest BCUT2D eigenvalue weighted by atomic mass is 16.1. The van der Waals surface area contributed by atoms with Gasteiger partial charge in [0.05, 0.1) is 6.54 Å². The fraction of sp³-hybridized carbons (Fsp3) is 0.917. The van der Waals surface area contributed by atoms with Gasteiger partial charge in [-0.2, -0.15) is 0 Å². The molecule has 15 heavy (non-hydrogen) atoms. The topological polar surface area (TPSA) is 41.1 Å². The maximum Gasteiger partial charge on any atom is 0.233 e. The molecule has 2 aliphatic rings. The minimum absolute atomic E-state index is 0.156. The van der Waals surface area contributed by atoms with Gasteiger partial charge in [0.1, 0.15) is 0 Å². The van der Waals surface area contributed by atoms with E-state index < -0.39 is 0 Å². The molecule has 0 radical (unpaired) electrons. The molecule has 86 valence electrons. The van der Waals surface area contributed by atoms with Crippen LogP contribution in [0.2, 0.25) is 0 Å². The van der Waals surface area contributed by atoms with Gasteiger partial charge in [-0.05, 0) is 50.0 Å². The number of nitrogens with one attached hydrogen (secondary N) is 2. The lowest BCUT2D eigenvalue weighted by molar-refractivity contribution is -0.120. The Morgan fingerprint density at radius 2 is 2.07 bits per heavy atom. The molecule has 2 rings (SSSR count). The van der Waals surface area contributed by atoms with E-state index in [1.54, 1.807) is 0 Å². The Kier molecular flexibility index (Phi) is 3.62. The third-order valence-electron chi connectivity index (χ3n) is 3.46. The minimum Gasteiger partial charge on any atom is -0.355 e. The van der Waals surface area contributed by atoms with Crippen molar-refractivity contribution in [3.05, 3.63) is 0 Å². The average molecular weight is 210 g/mol. The lowest BCUT2D eigenvalue weighted by atomic mass is 10.1. The molecule has 3 nitrogen and oxygen atoms in total. The zero-order valence-electron chi connectivity index (χ0n) is 9.59. The zero-order chi connectivity index (χ0) is 10.7. The summed E-state index contributed by atoms with van der Waals surface area (Å²) >= 11 is 0. The lowest BCUT2D eigenvalue weighted by Gasteiger charge is -2.11. The van der Waals surface area contributed by atoms with Crippen molar-refractivity contribution in [2.45, 2.75) is 32.6 Å². The van der Waals surface area contributed by atoms with E-state index in [0.29, 0.717) is 12.5 Å². The lowest BCUT2D eigenvalue weighted by Crippen LogP contribution is -2.37. The summed E-state index contributed by atoms with van der Waals surface area (Å²) in [5, 5.41) is 6.20. The largest absolute Gasteiger partial charge is 0.355 e. The standard InChI is InChI=1S/C12H22N2O/c1-9(11-4-5-11)6-14-12(15)8-13-7-10-2-3-10/h9-11,13H,2-8H2,1H3,(H,14,15). The van der Waals surface area contributed by atoms with Gasteiger partial charge in [-0.1, -0.05) is 6.92 Å². The van der Waals surface area contributed by atoms with E-state index in [1.165, 1.54) is 25.7 Å². The number of rotatable bonds is 7. The Labute approximate surface area is 92.0 Å². The number of amides is 1. The maximum absolute atomic E-state index is 11.4. The molecule has 0 aromatic heterocycles. The Hall–Kier alpha value is -0.570. The third-order valence-corrected chi connectivity index (χ3v) is 3.46. The summed E-state index contributed by atoms with van der Waals surface area (Å²) in [5.74, 6) is 2.55. The molecular weight excluding hydrogens is 188 g/mol. The molecular formula is C12H22N2O. The van der Waals surface area contributed by atoms with Crippen molar-refractivity contribution in [2.24, 2.45) is 17.8 Å². The molecule has 0 bridgehead atoms. The van der Waals surface area contributed by atoms with Gasteiger partial charge >= 0.3 is 0 Å². The van der Waals surface area contributed by atoms with E-state index in [0.717, 1.165) is 24.9 Å². The molecule has 2 aliphatic carbocycles. The van der Waals surface area contributed by atoms with Crippen molar-refractivity contribution in [1.29, 1.82) is 0 Å². The highest BCUT2D eigenvalue weighted by Crippen LogP contribution is 2.35. The molecule has 0 heterocycles.